The lowest BCUT2D eigenvalue weighted by Gasteiger charge is -2.16. The summed E-state index contributed by atoms with van der Waals surface area (Å²) in [4.78, 5) is 14.2. The number of nitrogens with one attached hydrogen (secondary N) is 1. The van der Waals surface area contributed by atoms with Gasteiger partial charge in [-0.3, -0.25) is 9.52 Å². The lowest BCUT2D eigenvalue weighted by Crippen LogP contribution is -2.13. The number of carbonyl (C=O) groups is 1. The van der Waals surface area contributed by atoms with E-state index in [9.17, 15) is 4.79 Å². The summed E-state index contributed by atoms with van der Waals surface area (Å²) in [6, 6.07) is 12.5. The largest absolute Gasteiger partial charge is 0.377 e. The maximum absolute atomic E-state index is 11.0. The summed E-state index contributed by atoms with van der Waals surface area (Å²) < 4.78 is 3.10. The first-order valence-electron chi connectivity index (χ1n) is 6.18. The molecule has 0 bridgehead atoms. The average Bonchev–Trinajstić information content (AvgIpc) is 2.37. The molecule has 19 heavy (non-hydrogen) atoms. The van der Waals surface area contributed by atoms with E-state index in [1.165, 1.54) is 28.4 Å². The van der Waals surface area contributed by atoms with Gasteiger partial charge in [-0.25, -0.2) is 0 Å². The van der Waals surface area contributed by atoms with Crippen molar-refractivity contribution in [3.8, 4) is 0 Å². The van der Waals surface area contributed by atoms with Crippen molar-refractivity contribution < 1.29 is 4.79 Å². The molecule has 0 atom stereocenters. The number of hydrogen-bond donors (Lipinski definition) is 1. The Kier molecular flexibility index (Phi) is 4.45. The van der Waals surface area contributed by atoms with E-state index in [4.69, 9.17) is 0 Å². The number of anilines is 1. The molecule has 4 heteroatoms. The van der Waals surface area contributed by atoms with Gasteiger partial charge in [0.2, 0.25) is 0 Å². The minimum absolute atomic E-state index is 0.140. The van der Waals surface area contributed by atoms with E-state index >= 15 is 0 Å². The number of nitrogens with zero attached hydrogens (tertiary/aromatic N) is 1. The Morgan fingerprint density at radius 1 is 1.16 bits per heavy atom. The first-order valence-corrected chi connectivity index (χ1v) is 6.99. The second kappa shape index (κ2) is 6.08. The van der Waals surface area contributed by atoms with Gasteiger partial charge in [-0.1, -0.05) is 24.3 Å². The van der Waals surface area contributed by atoms with Crippen LogP contribution in [0, 0.1) is 0 Å². The van der Waals surface area contributed by atoms with Crippen molar-refractivity contribution in [1.82, 2.24) is 4.72 Å². The fourth-order valence-corrected chi connectivity index (χ4v) is 2.82. The second-order valence-electron chi connectivity index (χ2n) is 4.65. The van der Waals surface area contributed by atoms with Gasteiger partial charge in [0, 0.05) is 30.1 Å². The summed E-state index contributed by atoms with van der Waals surface area (Å²) in [5.41, 5.74) is 1.20. The molecule has 0 aliphatic rings. The molecule has 0 radical (unpaired) electrons. The summed E-state index contributed by atoms with van der Waals surface area (Å²) in [6.45, 7) is 1.97. The van der Waals surface area contributed by atoms with Crippen molar-refractivity contribution in [3.05, 3.63) is 36.4 Å². The second-order valence-corrected chi connectivity index (χ2v) is 5.58. The molecule has 2 aromatic rings. The topological polar surface area (TPSA) is 32.3 Å². The third kappa shape index (κ3) is 3.28. The smallest absolute Gasteiger partial charge is 0.144 e. The molecule has 3 nitrogen and oxygen atoms in total. The van der Waals surface area contributed by atoms with Crippen molar-refractivity contribution in [2.45, 2.75) is 11.8 Å². The predicted octanol–water partition coefficient (Wildman–Crippen LogP) is 3.09. The third-order valence-corrected chi connectivity index (χ3v) is 3.71. The Balaban J connectivity index is 2.35. The molecular formula is C15H18N2OS. The molecule has 0 amide bonds. The summed E-state index contributed by atoms with van der Waals surface area (Å²) in [7, 11) is 4.09. The van der Waals surface area contributed by atoms with Crippen LogP contribution in [0.2, 0.25) is 0 Å². The fraction of sp³-hybridized carbons (Fsp3) is 0.267. The van der Waals surface area contributed by atoms with Gasteiger partial charge in [-0.05, 0) is 36.4 Å². The number of carbonyl (C=O) groups excluding carboxylic acids is 1. The first kappa shape index (κ1) is 13.9. The third-order valence-electron chi connectivity index (χ3n) is 2.84. The lowest BCUT2D eigenvalue weighted by atomic mass is 10.1. The summed E-state index contributed by atoms with van der Waals surface area (Å²) in [5, 5.41) is 2.43. The Hall–Kier alpha value is -1.52. The Bertz CT molecular complexity index is 596. The van der Waals surface area contributed by atoms with Crippen LogP contribution in [-0.2, 0) is 4.79 Å². The monoisotopic (exact) mass is 274 g/mol. The van der Waals surface area contributed by atoms with Gasteiger partial charge in [-0.15, -0.1) is 0 Å². The van der Waals surface area contributed by atoms with Crippen LogP contribution in [0.4, 0.5) is 5.69 Å². The van der Waals surface area contributed by atoms with Gasteiger partial charge in [0.05, 0.1) is 6.54 Å². The quantitative estimate of drug-likeness (QED) is 0.849. The zero-order valence-electron chi connectivity index (χ0n) is 11.4. The van der Waals surface area contributed by atoms with Crippen LogP contribution >= 0.6 is 11.9 Å². The number of Topliss-reactive ketones (excluding diaryl/α,β-unsaturated/α-hetero) is 1. The maximum atomic E-state index is 11.0. The number of fused-ring (bicyclic) bond motifs is 1. The van der Waals surface area contributed by atoms with Crippen LogP contribution in [0.5, 0.6) is 0 Å². The number of ketones is 1. The predicted molar refractivity (Wildman–Crippen MR) is 82.8 cm³/mol. The van der Waals surface area contributed by atoms with Gasteiger partial charge in [-0.2, -0.15) is 0 Å². The molecule has 0 spiro atoms. The van der Waals surface area contributed by atoms with Crippen LogP contribution in [0.25, 0.3) is 10.8 Å². The fourth-order valence-electron chi connectivity index (χ4n) is 1.96. The molecule has 2 rings (SSSR count). The molecule has 100 valence electrons. The Morgan fingerprint density at radius 3 is 2.53 bits per heavy atom. The van der Waals surface area contributed by atoms with E-state index < -0.39 is 0 Å². The zero-order chi connectivity index (χ0) is 13.8. The minimum Gasteiger partial charge on any atom is -0.377 e. The van der Waals surface area contributed by atoms with Crippen LogP contribution < -0.4 is 9.62 Å². The molecule has 0 heterocycles. The van der Waals surface area contributed by atoms with E-state index in [0.29, 0.717) is 6.54 Å². The molecule has 0 saturated carbocycles. The molecule has 0 unspecified atom stereocenters. The molecular weight excluding hydrogens is 256 g/mol. The normalized spacial score (nSPS) is 10.7. The van der Waals surface area contributed by atoms with Crippen LogP contribution in [0.15, 0.2) is 41.3 Å². The summed E-state index contributed by atoms with van der Waals surface area (Å²) in [6.07, 6.45) is 0. The minimum atomic E-state index is 0.140. The van der Waals surface area contributed by atoms with Crippen LogP contribution in [0.1, 0.15) is 6.92 Å². The zero-order valence-corrected chi connectivity index (χ0v) is 12.3. The highest BCUT2D eigenvalue weighted by atomic mass is 32.2. The molecule has 0 fully saturated rings. The van der Waals surface area contributed by atoms with Gasteiger partial charge >= 0.3 is 0 Å². The number of rotatable bonds is 5. The van der Waals surface area contributed by atoms with Gasteiger partial charge in [0.15, 0.2) is 0 Å². The van der Waals surface area contributed by atoms with E-state index in [1.54, 1.807) is 6.92 Å². The first-order chi connectivity index (χ1) is 9.09. The lowest BCUT2D eigenvalue weighted by molar-refractivity contribution is -0.115. The van der Waals surface area contributed by atoms with Gasteiger partial charge in [0.25, 0.3) is 0 Å². The number of benzene rings is 2. The van der Waals surface area contributed by atoms with Crippen molar-refractivity contribution in [3.63, 3.8) is 0 Å². The van der Waals surface area contributed by atoms with Crippen molar-refractivity contribution in [2.24, 2.45) is 0 Å². The highest BCUT2D eigenvalue weighted by Gasteiger charge is 2.06. The van der Waals surface area contributed by atoms with E-state index in [-0.39, 0.29) is 5.78 Å². The van der Waals surface area contributed by atoms with Gasteiger partial charge in [0.1, 0.15) is 5.78 Å². The maximum Gasteiger partial charge on any atom is 0.144 e. The molecule has 0 aliphatic heterocycles. The highest BCUT2D eigenvalue weighted by Crippen LogP contribution is 2.31. The Labute approximate surface area is 118 Å². The van der Waals surface area contributed by atoms with E-state index in [2.05, 4.69) is 40.0 Å². The van der Waals surface area contributed by atoms with Crippen molar-refractivity contribution >= 4 is 34.2 Å². The Morgan fingerprint density at radius 2 is 1.84 bits per heavy atom. The van der Waals surface area contributed by atoms with Crippen LogP contribution in [0.3, 0.4) is 0 Å². The van der Waals surface area contributed by atoms with Gasteiger partial charge < -0.3 is 4.90 Å². The summed E-state index contributed by atoms with van der Waals surface area (Å²) in [5.74, 6) is 0.140. The summed E-state index contributed by atoms with van der Waals surface area (Å²) >= 11 is 1.51. The molecule has 2 aromatic carbocycles. The van der Waals surface area contributed by atoms with E-state index in [1.807, 2.05) is 20.2 Å². The van der Waals surface area contributed by atoms with E-state index in [0.717, 1.165) is 4.90 Å². The molecule has 1 N–H and O–H groups in total. The van der Waals surface area contributed by atoms with Crippen LogP contribution in [-0.4, -0.2) is 26.4 Å². The molecule has 0 saturated heterocycles. The molecule has 0 aromatic heterocycles. The van der Waals surface area contributed by atoms with Crippen molar-refractivity contribution in [2.75, 3.05) is 25.5 Å². The molecule has 0 aliphatic carbocycles. The SMILES string of the molecule is CC(=O)CNSc1cccc2c(N(C)C)cccc12. The van der Waals surface area contributed by atoms with Crippen molar-refractivity contribution in [1.29, 1.82) is 0 Å². The average molecular weight is 274 g/mol. The number of hydrogen-bond acceptors (Lipinski definition) is 4. The highest BCUT2D eigenvalue weighted by molar-refractivity contribution is 7.97. The standard InChI is InChI=1S/C15H18N2OS/c1-11(18)10-16-19-15-9-5-6-12-13(15)7-4-8-14(12)17(2)3/h4-9,16H,10H2,1-3H3.